The van der Waals surface area contributed by atoms with Crippen molar-refractivity contribution in [2.24, 2.45) is 0 Å². The Kier molecular flexibility index (Phi) is 6.08. The molecular weight excluding hydrogens is 276 g/mol. The summed E-state index contributed by atoms with van der Waals surface area (Å²) in [5.41, 5.74) is 0.903. The molecule has 0 spiro atoms. The molecule has 0 saturated heterocycles. The molecule has 4 nitrogen and oxygen atoms in total. The van der Waals surface area contributed by atoms with Crippen molar-refractivity contribution in [2.75, 3.05) is 7.05 Å². The Morgan fingerprint density at radius 2 is 2.10 bits per heavy atom. The Morgan fingerprint density at radius 3 is 2.60 bits per heavy atom. The van der Waals surface area contributed by atoms with Crippen LogP contribution in [0.3, 0.4) is 0 Å². The van der Waals surface area contributed by atoms with E-state index >= 15 is 0 Å². The van der Waals surface area contributed by atoms with Crippen molar-refractivity contribution in [3.63, 3.8) is 0 Å². The Balaban J connectivity index is 3.03. The normalized spacial score (nSPS) is 14.5. The number of hydrogen-bond acceptors (Lipinski definition) is 3. The minimum absolute atomic E-state index is 0.299. The highest BCUT2D eigenvalue weighted by atomic mass is 35.5. The SMILES string of the molecule is C=COC(=O)N(C)[C@H](C)[C@H](c1ccccc1)[C@H](Cl)C#N. The van der Waals surface area contributed by atoms with Gasteiger partial charge in [0.15, 0.2) is 0 Å². The maximum atomic E-state index is 11.7. The highest BCUT2D eigenvalue weighted by Crippen LogP contribution is 2.29. The first-order valence-electron chi connectivity index (χ1n) is 6.16. The average molecular weight is 293 g/mol. The van der Waals surface area contributed by atoms with Crippen LogP contribution in [0.5, 0.6) is 0 Å². The molecule has 0 aromatic heterocycles. The molecule has 0 saturated carbocycles. The summed E-state index contributed by atoms with van der Waals surface area (Å²) >= 11 is 6.13. The molecule has 1 amide bonds. The maximum absolute atomic E-state index is 11.7. The molecule has 0 N–H and O–H groups in total. The third-order valence-electron chi connectivity index (χ3n) is 3.23. The summed E-state index contributed by atoms with van der Waals surface area (Å²) in [7, 11) is 1.60. The van der Waals surface area contributed by atoms with Gasteiger partial charge in [-0.15, -0.1) is 11.6 Å². The van der Waals surface area contributed by atoms with Crippen molar-refractivity contribution in [1.29, 1.82) is 5.26 Å². The van der Waals surface area contributed by atoms with Crippen LogP contribution >= 0.6 is 11.6 Å². The van der Waals surface area contributed by atoms with Gasteiger partial charge in [-0.1, -0.05) is 36.9 Å². The predicted molar refractivity (Wildman–Crippen MR) is 78.3 cm³/mol. The lowest BCUT2D eigenvalue weighted by Crippen LogP contribution is -2.41. The summed E-state index contributed by atoms with van der Waals surface area (Å²) in [6.07, 6.45) is 0.543. The standard InChI is InChI=1S/C15H17ClN2O2/c1-4-20-15(19)18(3)11(2)14(13(16)10-17)12-8-6-5-7-9-12/h4-9,11,13-14H,1H2,2-3H3/t11-,13-,14-/m1/s1. The largest absolute Gasteiger partial charge is 0.419 e. The molecule has 0 aliphatic rings. The van der Waals surface area contributed by atoms with Gasteiger partial charge < -0.3 is 9.64 Å². The molecule has 1 aromatic rings. The Hall–Kier alpha value is -1.99. The lowest BCUT2D eigenvalue weighted by atomic mass is 9.89. The van der Waals surface area contributed by atoms with Crippen LogP contribution in [0.25, 0.3) is 0 Å². The number of likely N-dealkylation sites (N-methyl/N-ethyl adjacent to an activating group) is 1. The number of nitriles is 1. The van der Waals surface area contributed by atoms with E-state index in [1.165, 1.54) is 4.90 Å². The second kappa shape index (κ2) is 7.56. The van der Waals surface area contributed by atoms with Gasteiger partial charge in [0.2, 0.25) is 0 Å². The molecule has 20 heavy (non-hydrogen) atoms. The monoisotopic (exact) mass is 292 g/mol. The molecule has 3 atom stereocenters. The highest BCUT2D eigenvalue weighted by molar-refractivity contribution is 6.22. The van der Waals surface area contributed by atoms with Gasteiger partial charge in [0.05, 0.1) is 12.3 Å². The number of amides is 1. The molecule has 106 valence electrons. The van der Waals surface area contributed by atoms with Crippen LogP contribution in [-0.2, 0) is 4.74 Å². The summed E-state index contributed by atoms with van der Waals surface area (Å²) in [6, 6.07) is 11.1. The summed E-state index contributed by atoms with van der Waals surface area (Å²) in [6.45, 7) is 5.18. The zero-order valence-electron chi connectivity index (χ0n) is 11.5. The number of alkyl halides is 1. The van der Waals surface area contributed by atoms with Crippen molar-refractivity contribution >= 4 is 17.7 Å². The van der Waals surface area contributed by atoms with E-state index in [1.54, 1.807) is 7.05 Å². The second-order valence-corrected chi connectivity index (χ2v) is 4.84. The number of ether oxygens (including phenoxy) is 1. The fourth-order valence-electron chi connectivity index (χ4n) is 2.01. The lowest BCUT2D eigenvalue weighted by molar-refractivity contribution is 0.128. The molecule has 0 bridgehead atoms. The van der Waals surface area contributed by atoms with Crippen LogP contribution in [-0.4, -0.2) is 29.5 Å². The lowest BCUT2D eigenvalue weighted by Gasteiger charge is -2.32. The number of halogens is 1. The predicted octanol–water partition coefficient (Wildman–Crippen LogP) is 3.50. The smallest absolute Gasteiger partial charge is 0.414 e. The second-order valence-electron chi connectivity index (χ2n) is 4.37. The number of benzene rings is 1. The molecule has 0 aliphatic carbocycles. The molecule has 0 radical (unpaired) electrons. The van der Waals surface area contributed by atoms with Gasteiger partial charge in [-0.25, -0.2) is 4.79 Å². The van der Waals surface area contributed by atoms with Crippen LogP contribution < -0.4 is 0 Å². The van der Waals surface area contributed by atoms with Gasteiger partial charge in [0.25, 0.3) is 0 Å². The molecule has 0 unspecified atom stereocenters. The van der Waals surface area contributed by atoms with Crippen LogP contribution in [0, 0.1) is 11.3 Å². The summed E-state index contributed by atoms with van der Waals surface area (Å²) < 4.78 is 4.75. The fourth-order valence-corrected chi connectivity index (χ4v) is 2.37. The van der Waals surface area contributed by atoms with Crippen LogP contribution in [0.4, 0.5) is 4.79 Å². The third-order valence-corrected chi connectivity index (χ3v) is 3.59. The van der Waals surface area contributed by atoms with Crippen LogP contribution in [0.1, 0.15) is 18.4 Å². The number of carbonyl (C=O) groups excluding carboxylic acids is 1. The first kappa shape index (κ1) is 16.1. The first-order valence-corrected chi connectivity index (χ1v) is 6.59. The number of rotatable bonds is 5. The van der Waals surface area contributed by atoms with Crippen molar-refractivity contribution in [2.45, 2.75) is 24.3 Å². The van der Waals surface area contributed by atoms with E-state index in [0.29, 0.717) is 0 Å². The summed E-state index contributed by atoms with van der Waals surface area (Å²) in [5, 5.41) is 8.36. The van der Waals surface area contributed by atoms with Crippen molar-refractivity contribution in [1.82, 2.24) is 4.90 Å². The van der Waals surface area contributed by atoms with E-state index in [-0.39, 0.29) is 12.0 Å². The zero-order chi connectivity index (χ0) is 15.1. The van der Waals surface area contributed by atoms with E-state index in [1.807, 2.05) is 43.3 Å². The van der Waals surface area contributed by atoms with Crippen LogP contribution in [0.2, 0.25) is 0 Å². The van der Waals surface area contributed by atoms with E-state index in [2.05, 4.69) is 6.58 Å². The number of hydrogen-bond donors (Lipinski definition) is 0. The van der Waals surface area contributed by atoms with Gasteiger partial charge >= 0.3 is 6.09 Å². The van der Waals surface area contributed by atoms with Gasteiger partial charge in [0.1, 0.15) is 5.38 Å². The first-order chi connectivity index (χ1) is 9.52. The number of nitrogens with zero attached hydrogens (tertiary/aromatic N) is 2. The molecular formula is C15H17ClN2O2. The topological polar surface area (TPSA) is 53.3 Å². The quantitative estimate of drug-likeness (QED) is 0.616. The average Bonchev–Trinajstić information content (AvgIpc) is 2.47. The molecule has 1 aromatic carbocycles. The molecule has 5 heteroatoms. The number of carbonyl (C=O) groups is 1. The van der Waals surface area contributed by atoms with Crippen molar-refractivity contribution < 1.29 is 9.53 Å². The Bertz CT molecular complexity index is 498. The summed E-state index contributed by atoms with van der Waals surface area (Å²) in [5.74, 6) is -0.315. The molecule has 0 fully saturated rings. The molecule has 1 rings (SSSR count). The van der Waals surface area contributed by atoms with Gasteiger partial charge in [0, 0.05) is 19.0 Å². The van der Waals surface area contributed by atoms with Gasteiger partial charge in [-0.05, 0) is 12.5 Å². The van der Waals surface area contributed by atoms with E-state index in [9.17, 15) is 4.79 Å². The minimum Gasteiger partial charge on any atom is -0.419 e. The molecule has 0 aliphatic heterocycles. The van der Waals surface area contributed by atoms with Crippen LogP contribution in [0.15, 0.2) is 43.2 Å². The van der Waals surface area contributed by atoms with E-state index < -0.39 is 11.5 Å². The maximum Gasteiger partial charge on any atom is 0.414 e. The Morgan fingerprint density at radius 1 is 1.50 bits per heavy atom. The highest BCUT2D eigenvalue weighted by Gasteiger charge is 2.32. The van der Waals surface area contributed by atoms with Crippen molar-refractivity contribution in [3.8, 4) is 6.07 Å². The minimum atomic E-state index is -0.744. The third kappa shape index (κ3) is 3.75. The Labute approximate surface area is 124 Å². The van der Waals surface area contributed by atoms with E-state index in [0.717, 1.165) is 11.8 Å². The fraction of sp³-hybridized carbons (Fsp3) is 0.333. The zero-order valence-corrected chi connectivity index (χ0v) is 12.2. The van der Waals surface area contributed by atoms with Gasteiger partial charge in [-0.3, -0.25) is 0 Å². The van der Waals surface area contributed by atoms with Gasteiger partial charge in [-0.2, -0.15) is 5.26 Å². The van der Waals surface area contributed by atoms with Crippen molar-refractivity contribution in [3.05, 3.63) is 48.7 Å². The summed E-state index contributed by atoms with van der Waals surface area (Å²) in [4.78, 5) is 13.1. The molecule has 0 heterocycles. The van der Waals surface area contributed by atoms with E-state index in [4.69, 9.17) is 21.6 Å².